The molecule has 0 amide bonds. The fourth-order valence-electron chi connectivity index (χ4n) is 2.17. The Bertz CT molecular complexity index is 376. The normalized spacial score (nSPS) is 12.3. The van der Waals surface area contributed by atoms with Crippen LogP contribution in [0.15, 0.2) is 24.3 Å². The number of nitrogens with zero attached hydrogens (tertiary/aromatic N) is 1. The first kappa shape index (κ1) is 15.6. The largest absolute Gasteiger partial charge is 0.314 e. The van der Waals surface area contributed by atoms with E-state index in [1.165, 1.54) is 18.4 Å². The van der Waals surface area contributed by atoms with Gasteiger partial charge in [-0.2, -0.15) is 0 Å². The van der Waals surface area contributed by atoms with E-state index in [1.54, 1.807) is 12.1 Å². The molecule has 1 rings (SSSR count). The second kappa shape index (κ2) is 8.64. The van der Waals surface area contributed by atoms with Crippen LogP contribution in [0.4, 0.5) is 5.69 Å². The second-order valence-corrected chi connectivity index (χ2v) is 4.90. The highest BCUT2D eigenvalue weighted by atomic mass is 16.6. The summed E-state index contributed by atoms with van der Waals surface area (Å²) in [4.78, 5) is 10.2. The summed E-state index contributed by atoms with van der Waals surface area (Å²) in [6.07, 6.45) is 5.58. The molecule has 0 radical (unpaired) electrons. The first-order chi connectivity index (χ1) is 9.17. The van der Waals surface area contributed by atoms with Gasteiger partial charge in [0, 0.05) is 18.2 Å². The lowest BCUT2D eigenvalue weighted by Crippen LogP contribution is -2.30. The van der Waals surface area contributed by atoms with Gasteiger partial charge in [-0.3, -0.25) is 10.1 Å². The zero-order valence-electron chi connectivity index (χ0n) is 11.9. The van der Waals surface area contributed by atoms with Crippen molar-refractivity contribution in [3.8, 4) is 0 Å². The molecule has 1 unspecified atom stereocenters. The van der Waals surface area contributed by atoms with Gasteiger partial charge in [0.05, 0.1) is 4.92 Å². The number of nitro benzene ring substituents is 1. The lowest BCUT2D eigenvalue weighted by atomic mass is 10.0. The summed E-state index contributed by atoms with van der Waals surface area (Å²) in [5.74, 6) is 0. The van der Waals surface area contributed by atoms with E-state index in [-0.39, 0.29) is 10.6 Å². The molecule has 1 aromatic carbocycles. The topological polar surface area (TPSA) is 55.2 Å². The fourth-order valence-corrected chi connectivity index (χ4v) is 2.17. The molecule has 1 N–H and O–H groups in total. The average Bonchev–Trinajstić information content (AvgIpc) is 2.42. The van der Waals surface area contributed by atoms with Crippen LogP contribution in [0.3, 0.4) is 0 Å². The van der Waals surface area contributed by atoms with Gasteiger partial charge in [0.15, 0.2) is 0 Å². The molecule has 106 valence electrons. The van der Waals surface area contributed by atoms with E-state index in [2.05, 4.69) is 19.2 Å². The maximum Gasteiger partial charge on any atom is 0.269 e. The first-order valence-electron chi connectivity index (χ1n) is 7.14. The smallest absolute Gasteiger partial charge is 0.269 e. The Morgan fingerprint density at radius 3 is 2.37 bits per heavy atom. The van der Waals surface area contributed by atoms with Crippen LogP contribution in [0.1, 0.15) is 45.1 Å². The Morgan fingerprint density at radius 2 is 1.84 bits per heavy atom. The number of hydrogen-bond donors (Lipinski definition) is 1. The molecular formula is C15H24N2O2. The number of hydrogen-bond acceptors (Lipinski definition) is 3. The number of nitrogens with one attached hydrogen (secondary N) is 1. The van der Waals surface area contributed by atoms with E-state index in [0.29, 0.717) is 6.04 Å². The highest BCUT2D eigenvalue weighted by molar-refractivity contribution is 5.32. The Balaban J connectivity index is 2.46. The quantitative estimate of drug-likeness (QED) is 0.546. The third-order valence-corrected chi connectivity index (χ3v) is 3.25. The van der Waals surface area contributed by atoms with Gasteiger partial charge in [0.2, 0.25) is 0 Å². The molecule has 4 heteroatoms. The van der Waals surface area contributed by atoms with Gasteiger partial charge in [0.25, 0.3) is 5.69 Å². The minimum atomic E-state index is -0.355. The van der Waals surface area contributed by atoms with Crippen molar-refractivity contribution >= 4 is 5.69 Å². The first-order valence-corrected chi connectivity index (χ1v) is 7.14. The Labute approximate surface area is 115 Å². The standard InChI is InChI=1S/C15H24N2O2/c1-3-5-14(16-12-4-2)9-6-13-7-10-15(11-8-13)17(18)19/h7-8,10-11,14,16H,3-6,9,12H2,1-2H3. The lowest BCUT2D eigenvalue weighted by molar-refractivity contribution is -0.384. The van der Waals surface area contributed by atoms with Crippen molar-refractivity contribution in [3.05, 3.63) is 39.9 Å². The highest BCUT2D eigenvalue weighted by Crippen LogP contribution is 2.14. The van der Waals surface area contributed by atoms with E-state index >= 15 is 0 Å². The third kappa shape index (κ3) is 5.83. The number of nitro groups is 1. The Morgan fingerprint density at radius 1 is 1.16 bits per heavy atom. The van der Waals surface area contributed by atoms with Crippen LogP contribution < -0.4 is 5.32 Å². The minimum Gasteiger partial charge on any atom is -0.314 e. The van der Waals surface area contributed by atoms with Crippen LogP contribution in [0.2, 0.25) is 0 Å². The van der Waals surface area contributed by atoms with Crippen LogP contribution in [-0.4, -0.2) is 17.5 Å². The van der Waals surface area contributed by atoms with Crippen molar-refractivity contribution in [1.29, 1.82) is 0 Å². The van der Waals surface area contributed by atoms with Crippen molar-refractivity contribution < 1.29 is 4.92 Å². The SMILES string of the molecule is CCCNC(CCC)CCc1ccc([N+](=O)[O-])cc1. The molecule has 1 atom stereocenters. The van der Waals surface area contributed by atoms with Gasteiger partial charge in [0.1, 0.15) is 0 Å². The molecule has 0 spiro atoms. The van der Waals surface area contributed by atoms with Gasteiger partial charge in [-0.1, -0.05) is 32.4 Å². The maximum atomic E-state index is 10.6. The van der Waals surface area contributed by atoms with Crippen LogP contribution in [0.25, 0.3) is 0 Å². The molecule has 0 fully saturated rings. The van der Waals surface area contributed by atoms with Crippen molar-refractivity contribution in [1.82, 2.24) is 5.32 Å². The number of rotatable bonds is 9. The van der Waals surface area contributed by atoms with Gasteiger partial charge < -0.3 is 5.32 Å². The Kier molecular flexibility index (Phi) is 7.11. The van der Waals surface area contributed by atoms with E-state index in [4.69, 9.17) is 0 Å². The van der Waals surface area contributed by atoms with Gasteiger partial charge >= 0.3 is 0 Å². The Hall–Kier alpha value is -1.42. The molecule has 0 aliphatic rings. The summed E-state index contributed by atoms with van der Waals surface area (Å²) in [5.41, 5.74) is 1.34. The molecule has 0 saturated heterocycles. The van der Waals surface area contributed by atoms with E-state index < -0.39 is 0 Å². The zero-order valence-corrected chi connectivity index (χ0v) is 11.9. The molecule has 0 aliphatic carbocycles. The summed E-state index contributed by atoms with van der Waals surface area (Å²) >= 11 is 0. The van der Waals surface area contributed by atoms with Crippen molar-refractivity contribution in [2.24, 2.45) is 0 Å². The van der Waals surface area contributed by atoms with Crippen LogP contribution >= 0.6 is 0 Å². The molecule has 0 heterocycles. The monoisotopic (exact) mass is 264 g/mol. The molecule has 1 aromatic rings. The number of aryl methyl sites for hydroxylation is 1. The fraction of sp³-hybridized carbons (Fsp3) is 0.600. The summed E-state index contributed by atoms with van der Waals surface area (Å²) in [7, 11) is 0. The van der Waals surface area contributed by atoms with Crippen LogP contribution in [0, 0.1) is 10.1 Å². The summed E-state index contributed by atoms with van der Waals surface area (Å²) in [6, 6.07) is 7.45. The maximum absolute atomic E-state index is 10.6. The molecule has 0 saturated carbocycles. The molecule has 4 nitrogen and oxygen atoms in total. The van der Waals surface area contributed by atoms with Crippen molar-refractivity contribution in [2.75, 3.05) is 6.54 Å². The molecule has 0 bridgehead atoms. The highest BCUT2D eigenvalue weighted by Gasteiger charge is 2.08. The molecular weight excluding hydrogens is 240 g/mol. The second-order valence-electron chi connectivity index (χ2n) is 4.90. The van der Waals surface area contributed by atoms with E-state index in [9.17, 15) is 10.1 Å². The van der Waals surface area contributed by atoms with Crippen LogP contribution in [0.5, 0.6) is 0 Å². The van der Waals surface area contributed by atoms with Gasteiger partial charge in [-0.15, -0.1) is 0 Å². The van der Waals surface area contributed by atoms with Crippen LogP contribution in [-0.2, 0) is 6.42 Å². The van der Waals surface area contributed by atoms with Crippen molar-refractivity contribution in [2.45, 2.75) is 52.0 Å². The number of benzene rings is 1. The predicted octanol–water partition coefficient (Wildman–Crippen LogP) is 3.70. The molecule has 19 heavy (non-hydrogen) atoms. The van der Waals surface area contributed by atoms with E-state index in [0.717, 1.165) is 25.8 Å². The summed E-state index contributed by atoms with van der Waals surface area (Å²) < 4.78 is 0. The number of non-ortho nitro benzene ring substituents is 1. The van der Waals surface area contributed by atoms with E-state index in [1.807, 2.05) is 12.1 Å². The third-order valence-electron chi connectivity index (χ3n) is 3.25. The van der Waals surface area contributed by atoms with Gasteiger partial charge in [-0.25, -0.2) is 0 Å². The average molecular weight is 264 g/mol. The summed E-state index contributed by atoms with van der Waals surface area (Å²) in [6.45, 7) is 5.43. The predicted molar refractivity (Wildman–Crippen MR) is 78.4 cm³/mol. The lowest BCUT2D eigenvalue weighted by Gasteiger charge is -2.17. The summed E-state index contributed by atoms with van der Waals surface area (Å²) in [5, 5.41) is 14.1. The van der Waals surface area contributed by atoms with Crippen molar-refractivity contribution in [3.63, 3.8) is 0 Å². The zero-order chi connectivity index (χ0) is 14.1. The molecule has 0 aromatic heterocycles. The minimum absolute atomic E-state index is 0.165. The molecule has 0 aliphatic heterocycles. The van der Waals surface area contributed by atoms with Gasteiger partial charge in [-0.05, 0) is 37.8 Å².